The molecule has 0 saturated heterocycles. The summed E-state index contributed by atoms with van der Waals surface area (Å²) in [6.07, 6.45) is 0.964. The van der Waals surface area contributed by atoms with Gasteiger partial charge in [-0.15, -0.1) is 0 Å². The zero-order valence-corrected chi connectivity index (χ0v) is 11.3. The Labute approximate surface area is 111 Å². The minimum absolute atomic E-state index is 0.153. The van der Waals surface area contributed by atoms with Crippen molar-refractivity contribution in [3.8, 4) is 0 Å². The lowest BCUT2D eigenvalue weighted by Gasteiger charge is -2.20. The van der Waals surface area contributed by atoms with Crippen LogP contribution in [0.15, 0.2) is 41.1 Å². The highest BCUT2D eigenvalue weighted by molar-refractivity contribution is 7.07. The highest BCUT2D eigenvalue weighted by atomic mass is 35.5. The third-order valence-electron chi connectivity index (χ3n) is 2.97. The van der Waals surface area contributed by atoms with E-state index >= 15 is 0 Å². The first-order valence-electron chi connectivity index (χ1n) is 5.69. The molecule has 1 nitrogen and oxygen atoms in total. The molecule has 2 aromatic rings. The molecule has 0 aliphatic rings. The first-order chi connectivity index (χ1) is 8.16. The topological polar surface area (TPSA) is 26.0 Å². The van der Waals surface area contributed by atoms with E-state index in [4.69, 9.17) is 17.3 Å². The maximum absolute atomic E-state index is 6.08. The average molecular weight is 266 g/mol. The molecule has 3 heteroatoms. The Morgan fingerprint density at radius 1 is 1.24 bits per heavy atom. The summed E-state index contributed by atoms with van der Waals surface area (Å²) < 4.78 is 0. The lowest BCUT2D eigenvalue weighted by atomic mass is 9.89. The summed E-state index contributed by atoms with van der Waals surface area (Å²) in [5, 5.41) is 5.07. The van der Waals surface area contributed by atoms with Crippen LogP contribution in [0, 0.1) is 0 Å². The van der Waals surface area contributed by atoms with Crippen LogP contribution in [0.4, 0.5) is 0 Å². The van der Waals surface area contributed by atoms with Crippen molar-refractivity contribution in [1.82, 2.24) is 0 Å². The Morgan fingerprint density at radius 2 is 1.94 bits per heavy atom. The molecular weight excluding hydrogens is 250 g/mol. The van der Waals surface area contributed by atoms with Gasteiger partial charge in [-0.2, -0.15) is 11.3 Å². The maximum Gasteiger partial charge on any atom is 0.0406 e. The van der Waals surface area contributed by atoms with Crippen LogP contribution in [0.5, 0.6) is 0 Å². The molecule has 0 fully saturated rings. The second-order valence-electron chi connectivity index (χ2n) is 4.35. The van der Waals surface area contributed by atoms with Crippen LogP contribution < -0.4 is 5.73 Å². The second-order valence-corrected chi connectivity index (χ2v) is 5.57. The Kier molecular flexibility index (Phi) is 4.21. The van der Waals surface area contributed by atoms with Crippen LogP contribution in [-0.4, -0.2) is 6.04 Å². The van der Waals surface area contributed by atoms with Gasteiger partial charge in [-0.05, 0) is 53.4 Å². The van der Waals surface area contributed by atoms with Gasteiger partial charge in [-0.25, -0.2) is 0 Å². The third kappa shape index (κ3) is 3.32. The lowest BCUT2D eigenvalue weighted by Crippen LogP contribution is -2.26. The van der Waals surface area contributed by atoms with Crippen LogP contribution in [0.1, 0.15) is 24.0 Å². The number of hydrogen-bond donors (Lipinski definition) is 1. The van der Waals surface area contributed by atoms with E-state index in [2.05, 4.69) is 35.9 Å². The molecule has 2 atom stereocenters. The lowest BCUT2D eigenvalue weighted by molar-refractivity contribution is 0.566. The fourth-order valence-corrected chi connectivity index (χ4v) is 2.82. The van der Waals surface area contributed by atoms with Crippen LogP contribution in [0.3, 0.4) is 0 Å². The van der Waals surface area contributed by atoms with Crippen molar-refractivity contribution in [3.63, 3.8) is 0 Å². The van der Waals surface area contributed by atoms with Gasteiger partial charge in [0, 0.05) is 17.0 Å². The number of halogens is 1. The summed E-state index contributed by atoms with van der Waals surface area (Å²) in [4.78, 5) is 0. The van der Waals surface area contributed by atoms with E-state index in [1.54, 1.807) is 11.3 Å². The quantitative estimate of drug-likeness (QED) is 0.886. The number of nitrogens with two attached hydrogens (primary N) is 1. The van der Waals surface area contributed by atoms with Crippen LogP contribution in [0.25, 0.3) is 0 Å². The predicted molar refractivity (Wildman–Crippen MR) is 75.9 cm³/mol. The Balaban J connectivity index is 2.16. The molecule has 2 N–H and O–H groups in total. The summed E-state index contributed by atoms with van der Waals surface area (Å²) in [6, 6.07) is 10.3. The average Bonchev–Trinajstić information content (AvgIpc) is 2.81. The maximum atomic E-state index is 6.08. The largest absolute Gasteiger partial charge is 0.327 e. The standard InChI is InChI=1S/C14H16ClNS/c1-10(16)14(12-6-7-17-9-12)8-11-2-4-13(15)5-3-11/h2-7,9-10,14H,8,16H2,1H3. The monoisotopic (exact) mass is 265 g/mol. The molecule has 0 radical (unpaired) electrons. The fraction of sp³-hybridized carbons (Fsp3) is 0.286. The SMILES string of the molecule is CC(N)C(Cc1ccc(Cl)cc1)c1ccsc1. The molecule has 1 aromatic carbocycles. The van der Waals surface area contributed by atoms with E-state index in [-0.39, 0.29) is 6.04 Å². The summed E-state index contributed by atoms with van der Waals surface area (Å²) >= 11 is 7.61. The smallest absolute Gasteiger partial charge is 0.0406 e. The number of hydrogen-bond acceptors (Lipinski definition) is 2. The number of thiophene rings is 1. The van der Waals surface area contributed by atoms with Crippen LogP contribution in [0.2, 0.25) is 5.02 Å². The van der Waals surface area contributed by atoms with E-state index in [1.165, 1.54) is 11.1 Å². The highest BCUT2D eigenvalue weighted by Gasteiger charge is 2.17. The van der Waals surface area contributed by atoms with Crippen molar-refractivity contribution >= 4 is 22.9 Å². The summed E-state index contributed by atoms with van der Waals surface area (Å²) in [7, 11) is 0. The van der Waals surface area contributed by atoms with Crippen molar-refractivity contribution in [2.45, 2.75) is 25.3 Å². The predicted octanol–water partition coefficient (Wildman–Crippen LogP) is 4.08. The Hall–Kier alpha value is -0.830. The number of benzene rings is 1. The van der Waals surface area contributed by atoms with Crippen molar-refractivity contribution in [2.75, 3.05) is 0 Å². The van der Waals surface area contributed by atoms with Gasteiger partial charge in [0.25, 0.3) is 0 Å². The normalized spacial score (nSPS) is 14.5. The summed E-state index contributed by atoms with van der Waals surface area (Å²) in [5.41, 5.74) is 8.70. The molecule has 0 aliphatic heterocycles. The Morgan fingerprint density at radius 3 is 2.47 bits per heavy atom. The molecule has 1 heterocycles. The third-order valence-corrected chi connectivity index (χ3v) is 3.93. The first kappa shape index (κ1) is 12.6. The van der Waals surface area contributed by atoms with E-state index in [9.17, 15) is 0 Å². The van der Waals surface area contributed by atoms with Crippen molar-refractivity contribution in [1.29, 1.82) is 0 Å². The molecule has 0 bridgehead atoms. The Bertz CT molecular complexity index is 448. The van der Waals surface area contributed by atoms with Crippen LogP contribution >= 0.6 is 22.9 Å². The van der Waals surface area contributed by atoms with Crippen molar-refractivity contribution < 1.29 is 0 Å². The zero-order valence-electron chi connectivity index (χ0n) is 9.77. The van der Waals surface area contributed by atoms with Gasteiger partial charge in [-0.1, -0.05) is 23.7 Å². The molecule has 1 aromatic heterocycles. The zero-order chi connectivity index (χ0) is 12.3. The molecular formula is C14H16ClNS. The second kappa shape index (κ2) is 5.67. The van der Waals surface area contributed by atoms with Gasteiger partial charge < -0.3 is 5.73 Å². The van der Waals surface area contributed by atoms with Gasteiger partial charge in [0.05, 0.1) is 0 Å². The minimum Gasteiger partial charge on any atom is -0.327 e. The van der Waals surface area contributed by atoms with Crippen molar-refractivity contribution in [2.24, 2.45) is 5.73 Å². The summed E-state index contributed by atoms with van der Waals surface area (Å²) in [6.45, 7) is 2.07. The molecule has 2 unspecified atom stereocenters. The number of rotatable bonds is 4. The molecule has 0 amide bonds. The van der Waals surface area contributed by atoms with E-state index in [0.29, 0.717) is 5.92 Å². The van der Waals surface area contributed by atoms with Crippen molar-refractivity contribution in [3.05, 3.63) is 57.2 Å². The van der Waals surface area contributed by atoms with Gasteiger partial charge in [0.2, 0.25) is 0 Å². The minimum atomic E-state index is 0.153. The fourth-order valence-electron chi connectivity index (χ4n) is 1.97. The van der Waals surface area contributed by atoms with E-state index in [1.807, 2.05) is 12.1 Å². The molecule has 2 rings (SSSR count). The molecule has 17 heavy (non-hydrogen) atoms. The van der Waals surface area contributed by atoms with Gasteiger partial charge in [0.15, 0.2) is 0 Å². The van der Waals surface area contributed by atoms with E-state index in [0.717, 1.165) is 11.4 Å². The van der Waals surface area contributed by atoms with Gasteiger partial charge >= 0.3 is 0 Å². The molecule has 0 saturated carbocycles. The molecule has 0 spiro atoms. The molecule has 90 valence electrons. The molecule has 0 aliphatic carbocycles. The van der Waals surface area contributed by atoms with Gasteiger partial charge in [-0.3, -0.25) is 0 Å². The van der Waals surface area contributed by atoms with Gasteiger partial charge in [0.1, 0.15) is 0 Å². The first-order valence-corrected chi connectivity index (χ1v) is 7.01. The van der Waals surface area contributed by atoms with E-state index < -0.39 is 0 Å². The highest BCUT2D eigenvalue weighted by Crippen LogP contribution is 2.26. The summed E-state index contributed by atoms with van der Waals surface area (Å²) in [5.74, 6) is 0.377. The van der Waals surface area contributed by atoms with Crippen LogP contribution in [-0.2, 0) is 6.42 Å².